The van der Waals surface area contributed by atoms with Crippen LogP contribution in [0.25, 0.3) is 20.9 Å². The van der Waals surface area contributed by atoms with Gasteiger partial charge in [0.15, 0.2) is 30.7 Å². The molecule has 4 heterocycles. The van der Waals surface area contributed by atoms with E-state index in [-0.39, 0.29) is 51.3 Å². The SMILES string of the molecule is COC(=O)C1OC(Sc2ccccc2)C(OC(=O)c2ccccc2)[C@H](OCc2ccccc2)[C@@H]1O.COC(=O)[C@@H]1OC(Sc2ccccc2)C(OC(=O)c2ccccc2)C(OCc2ccccc2)[C@@H]1O[C@H]1OC(COCc2ccccc2)[C@@H](OCc2ccc(OC)cc2)[C@@H](OCc2ccccc2)C1N=[N+]=[N-].COc1ccc(CO[C@@H]2C(COCc3ccccc3)OC(C)C(N=[N+]=[N-])[C@@H]2OCc2ccccc2)cc1. The fourth-order valence-corrected chi connectivity index (χ4v) is 18.6. The highest BCUT2D eigenvalue weighted by atomic mass is 32.2. The molecule has 12 aromatic carbocycles. The van der Waals surface area contributed by atoms with Gasteiger partial charge in [0.05, 0.1) is 124 Å². The largest absolute Gasteiger partial charge is 0.497 e. The molecule has 0 saturated carbocycles. The Morgan fingerprint density at radius 2 is 0.629 bits per heavy atom. The number of methoxy groups -OCH3 is 4. The molecule has 0 amide bonds. The summed E-state index contributed by atoms with van der Waals surface area (Å²) < 4.78 is 118. The quantitative estimate of drug-likeness (QED) is 0.0122. The van der Waals surface area contributed by atoms with E-state index < -0.39 is 139 Å². The number of aliphatic hydroxyl groups excluding tert-OH is 1. The number of hydrogen-bond acceptors (Lipinski definition) is 28. The lowest BCUT2D eigenvalue weighted by molar-refractivity contribution is -0.325. The van der Waals surface area contributed by atoms with E-state index in [1.54, 1.807) is 74.9 Å². The molecule has 1 N–H and O–H groups in total. The van der Waals surface area contributed by atoms with Crippen molar-refractivity contribution in [2.24, 2.45) is 10.2 Å². The van der Waals surface area contributed by atoms with Gasteiger partial charge >= 0.3 is 23.9 Å². The lowest BCUT2D eigenvalue weighted by Crippen LogP contribution is -2.66. The molecule has 4 saturated heterocycles. The molecule has 0 radical (unpaired) electrons. The zero-order chi connectivity index (χ0) is 99.7. The van der Waals surface area contributed by atoms with Crippen molar-refractivity contribution >= 4 is 47.4 Å². The van der Waals surface area contributed by atoms with Crippen molar-refractivity contribution in [3.05, 3.63) is 428 Å². The maximum Gasteiger partial charge on any atom is 0.338 e. The van der Waals surface area contributed by atoms with Gasteiger partial charge in [-0.3, -0.25) is 0 Å². The fourth-order valence-electron chi connectivity index (χ4n) is 16.4. The first-order chi connectivity index (χ1) is 70.1. The van der Waals surface area contributed by atoms with Gasteiger partial charge in [-0.05, 0) is 135 Å². The van der Waals surface area contributed by atoms with Gasteiger partial charge < -0.3 is 95.1 Å². The van der Waals surface area contributed by atoms with Gasteiger partial charge in [0.25, 0.3) is 0 Å². The molecule has 16 rings (SSSR count). The van der Waals surface area contributed by atoms with E-state index in [2.05, 4.69) is 20.1 Å². The number of carbonyl (C=O) groups is 4. The highest BCUT2D eigenvalue weighted by Gasteiger charge is 2.58. The third-order valence-electron chi connectivity index (χ3n) is 23.7. The molecule has 0 bridgehead atoms. The number of hydrogen-bond donors (Lipinski definition) is 1. The molecule has 20 atom stereocenters. The van der Waals surface area contributed by atoms with Crippen LogP contribution in [0.5, 0.6) is 11.5 Å². The fraction of sp³-hybridized carbons (Fsp3) is 0.315. The lowest BCUT2D eigenvalue weighted by atomic mass is 9.93. The van der Waals surface area contributed by atoms with E-state index in [9.17, 15) is 35.3 Å². The molecule has 32 heteroatoms. The van der Waals surface area contributed by atoms with Crippen molar-refractivity contribution in [3.63, 3.8) is 0 Å². The number of rotatable bonds is 42. The molecule has 0 aromatic heterocycles. The Hall–Kier alpha value is -13.1. The summed E-state index contributed by atoms with van der Waals surface area (Å²) >= 11 is 2.51. The van der Waals surface area contributed by atoms with E-state index in [1.165, 1.54) is 37.7 Å². The molecule has 4 fully saturated rings. The predicted molar refractivity (Wildman–Crippen MR) is 532 cm³/mol. The highest BCUT2D eigenvalue weighted by molar-refractivity contribution is 8.00. The normalized spacial score (nSPS) is 23.8. The summed E-state index contributed by atoms with van der Waals surface area (Å²) in [7, 11) is 5.69. The standard InChI is InChI=1S/C55H55N3O12S.C29H33N3O5.C27H26O7S/c1-61-42-30-28-40(29-31-42)35-64-46-44(36-63-32-37-18-8-3-9-19-37)67-54(45(57-58-56)47(46)65-33-38-20-10-4-11-21-38)69-49-48(66-34-39-22-12-5-13-23-39)51(68-52(59)41-24-14-6-15-25-41)55(70-50(49)53(60)62-2)71-43-26-16-7-17-27-43;1-21-27(31-32-30)29(36-18-23-11-7-4-8-12-23)28(35-19-24-13-15-25(33-2)16-14-24)26(37-21)20-34-17-22-9-5-3-6-10-22;1-31-26(30)23-21(28)22(32-17-18-11-5-2-6-12-18)24(33-25(29)19-13-7-3-8-14-19)27(34-23)35-20-15-9-4-10-16-20/h3-31,44-51,54-55H,32-36H2,1-2H3;3-16,21,26-29H,17-20H2,1-2H3;2-16,21-24,27-28H,17H2,1H3/t44?,45?,46-,47+,48?,49+,50-,51?,54-,55?;21?,26?,27?,28-,29+;21-,22+,23?,24?,27?/m110/s1. The Balaban J connectivity index is 0.000000189. The minimum Gasteiger partial charge on any atom is -0.497 e. The van der Waals surface area contributed by atoms with Crippen molar-refractivity contribution in [2.75, 3.05) is 41.7 Å². The van der Waals surface area contributed by atoms with Crippen LogP contribution in [-0.4, -0.2) is 191 Å². The van der Waals surface area contributed by atoms with Crippen molar-refractivity contribution in [1.82, 2.24) is 0 Å². The van der Waals surface area contributed by atoms with Crippen molar-refractivity contribution in [2.45, 2.75) is 190 Å². The maximum absolute atomic E-state index is 14.2. The number of nitrogens with zero attached hydrogens (tertiary/aromatic N) is 6. The topological polar surface area (TPSA) is 361 Å². The van der Waals surface area contributed by atoms with Crippen LogP contribution < -0.4 is 9.47 Å². The first-order valence-corrected chi connectivity index (χ1v) is 48.4. The van der Waals surface area contributed by atoms with Gasteiger partial charge in [-0.1, -0.05) is 313 Å². The molecule has 744 valence electrons. The minimum atomic E-state index is -1.50. The molecule has 12 aromatic rings. The van der Waals surface area contributed by atoms with E-state index in [4.69, 9.17) is 90.0 Å². The molecule has 0 spiro atoms. The summed E-state index contributed by atoms with van der Waals surface area (Å²) in [6.45, 7) is 3.88. The Kier molecular flexibility index (Phi) is 41.4. The Bertz CT molecular complexity index is 5910. The average molecular weight is 1980 g/mol. The summed E-state index contributed by atoms with van der Waals surface area (Å²) in [5.41, 5.74) is 25.7. The monoisotopic (exact) mass is 1980 g/mol. The van der Waals surface area contributed by atoms with Crippen LogP contribution in [-0.2, 0) is 143 Å². The minimum absolute atomic E-state index is 0.00666. The second-order valence-corrected chi connectivity index (χ2v) is 35.8. The van der Waals surface area contributed by atoms with Crippen LogP contribution in [0.2, 0.25) is 0 Å². The molecule has 30 nitrogen and oxygen atoms in total. The Morgan fingerprint density at radius 3 is 1.00 bits per heavy atom. The van der Waals surface area contributed by atoms with Gasteiger partial charge in [0.1, 0.15) is 83.3 Å². The summed E-state index contributed by atoms with van der Waals surface area (Å²) in [4.78, 5) is 61.7. The molecule has 11 unspecified atom stereocenters. The summed E-state index contributed by atoms with van der Waals surface area (Å²) in [5, 5.41) is 19.4. The van der Waals surface area contributed by atoms with Crippen molar-refractivity contribution in [3.8, 4) is 11.5 Å². The van der Waals surface area contributed by atoms with Crippen LogP contribution >= 0.6 is 23.5 Å². The number of azide groups is 2. The van der Waals surface area contributed by atoms with Crippen LogP contribution in [0.3, 0.4) is 0 Å². The summed E-state index contributed by atoms with van der Waals surface area (Å²) in [6.07, 6.45) is -16.4. The van der Waals surface area contributed by atoms with Crippen molar-refractivity contribution < 1.29 is 114 Å². The van der Waals surface area contributed by atoms with Crippen molar-refractivity contribution in [1.29, 1.82) is 0 Å². The third kappa shape index (κ3) is 31.0. The number of ether oxygens (including phenoxy) is 19. The molecular formula is C111H114N6O24S2. The summed E-state index contributed by atoms with van der Waals surface area (Å²) in [5.74, 6) is -1.33. The summed E-state index contributed by atoms with van der Waals surface area (Å²) in [6, 6.07) is 107. The Labute approximate surface area is 838 Å². The van der Waals surface area contributed by atoms with E-state index in [0.29, 0.717) is 37.7 Å². The molecule has 0 aliphatic carbocycles. The van der Waals surface area contributed by atoms with Gasteiger partial charge in [-0.25, -0.2) is 19.2 Å². The maximum atomic E-state index is 14.2. The van der Waals surface area contributed by atoms with E-state index >= 15 is 0 Å². The number of esters is 4. The number of aliphatic hydroxyl groups is 1. The number of thioether (sulfide) groups is 2. The molecule has 4 aliphatic rings. The highest BCUT2D eigenvalue weighted by Crippen LogP contribution is 2.43. The van der Waals surface area contributed by atoms with Crippen LogP contribution in [0.1, 0.15) is 72.1 Å². The number of carbonyl (C=O) groups excluding carboxylic acids is 4. The number of benzene rings is 12. The first-order valence-electron chi connectivity index (χ1n) is 46.6. The first kappa shape index (κ1) is 106. The molecule has 4 aliphatic heterocycles. The van der Waals surface area contributed by atoms with Gasteiger partial charge in [-0.2, -0.15) is 0 Å². The lowest BCUT2D eigenvalue weighted by Gasteiger charge is -2.49. The van der Waals surface area contributed by atoms with Gasteiger partial charge in [0.2, 0.25) is 0 Å². The van der Waals surface area contributed by atoms with E-state index in [1.807, 2.05) is 298 Å². The second-order valence-electron chi connectivity index (χ2n) is 33.4. The molecular weight excluding hydrogens is 1870 g/mol. The van der Waals surface area contributed by atoms with E-state index in [0.717, 1.165) is 60.0 Å². The predicted octanol–water partition coefficient (Wildman–Crippen LogP) is 19.4. The average Bonchev–Trinajstić information content (AvgIpc) is 0.762. The van der Waals surface area contributed by atoms with Crippen LogP contribution in [0.4, 0.5) is 0 Å². The van der Waals surface area contributed by atoms with Gasteiger partial charge in [0, 0.05) is 19.6 Å². The molecule has 143 heavy (non-hydrogen) atoms. The smallest absolute Gasteiger partial charge is 0.338 e. The second kappa shape index (κ2) is 56.1. The zero-order valence-electron chi connectivity index (χ0n) is 79.4. The zero-order valence-corrected chi connectivity index (χ0v) is 81.1. The Morgan fingerprint density at radius 1 is 0.329 bits per heavy atom. The van der Waals surface area contributed by atoms with Crippen LogP contribution in [0.15, 0.2) is 372 Å². The van der Waals surface area contributed by atoms with Gasteiger partial charge in [-0.15, -0.1) is 0 Å². The third-order valence-corrected chi connectivity index (χ3v) is 26.0. The van der Waals surface area contributed by atoms with Crippen LogP contribution in [0, 0.1) is 0 Å².